The van der Waals surface area contributed by atoms with Crippen molar-refractivity contribution < 1.29 is 14.3 Å². The number of likely N-dealkylation sites (tertiary alicyclic amines) is 2. The van der Waals surface area contributed by atoms with E-state index in [1.54, 1.807) is 7.11 Å². The molecule has 0 radical (unpaired) electrons. The summed E-state index contributed by atoms with van der Waals surface area (Å²) in [5.74, 6) is 1.03. The number of hydrogen-bond donors (Lipinski definition) is 0. The van der Waals surface area contributed by atoms with Gasteiger partial charge in [-0.1, -0.05) is 12.1 Å². The molecule has 26 heavy (non-hydrogen) atoms. The highest BCUT2D eigenvalue weighted by atomic mass is 32.1. The van der Waals surface area contributed by atoms with Crippen LogP contribution < -0.4 is 4.74 Å². The van der Waals surface area contributed by atoms with E-state index in [2.05, 4.69) is 0 Å². The normalized spacial score (nSPS) is 22.4. The molecule has 0 N–H and O–H groups in total. The van der Waals surface area contributed by atoms with Crippen LogP contribution in [0, 0.1) is 5.41 Å². The minimum absolute atomic E-state index is 0.0437. The van der Waals surface area contributed by atoms with Crippen LogP contribution in [0.1, 0.15) is 28.8 Å². The van der Waals surface area contributed by atoms with Crippen LogP contribution in [0.5, 0.6) is 5.75 Å². The molecule has 1 spiro atoms. The summed E-state index contributed by atoms with van der Waals surface area (Å²) < 4.78 is 5.27. The highest BCUT2D eigenvalue weighted by molar-refractivity contribution is 7.08. The van der Waals surface area contributed by atoms with Gasteiger partial charge < -0.3 is 14.5 Å². The monoisotopic (exact) mass is 370 g/mol. The Bertz CT molecular complexity index is 820. The van der Waals surface area contributed by atoms with E-state index in [0.717, 1.165) is 36.3 Å². The van der Waals surface area contributed by atoms with Crippen LogP contribution in [-0.4, -0.2) is 48.4 Å². The molecule has 5 nitrogen and oxygen atoms in total. The molecule has 2 amide bonds. The Kier molecular flexibility index (Phi) is 4.44. The van der Waals surface area contributed by atoms with Gasteiger partial charge in [0.1, 0.15) is 5.75 Å². The van der Waals surface area contributed by atoms with Crippen molar-refractivity contribution in [1.82, 2.24) is 9.80 Å². The third-order valence-corrected chi connectivity index (χ3v) is 6.20. The maximum absolute atomic E-state index is 13.1. The first kappa shape index (κ1) is 17.1. The fourth-order valence-corrected chi connectivity index (χ4v) is 4.66. The Morgan fingerprint density at radius 2 is 2.12 bits per heavy atom. The van der Waals surface area contributed by atoms with Crippen LogP contribution in [-0.2, 0) is 11.3 Å². The number of carbonyl (C=O) groups excluding carboxylic acids is 2. The third kappa shape index (κ3) is 2.98. The maximum atomic E-state index is 13.1. The summed E-state index contributed by atoms with van der Waals surface area (Å²) >= 11 is 1.52. The van der Waals surface area contributed by atoms with E-state index in [-0.39, 0.29) is 11.8 Å². The standard InChI is InChI=1S/C20H22N2O3S/c1-25-17-4-2-3-15(11-17)12-21-8-6-20(19(21)24)7-9-22(14-20)18(23)16-5-10-26-13-16/h2-5,10-11,13H,6-9,12,14H2,1H3. The van der Waals surface area contributed by atoms with Gasteiger partial charge in [0.15, 0.2) is 0 Å². The summed E-state index contributed by atoms with van der Waals surface area (Å²) in [4.78, 5) is 29.5. The lowest BCUT2D eigenvalue weighted by molar-refractivity contribution is -0.135. The van der Waals surface area contributed by atoms with Gasteiger partial charge in [0.05, 0.1) is 18.1 Å². The SMILES string of the molecule is COc1cccc(CN2CCC3(CCN(C(=O)c4ccsc4)C3)C2=O)c1. The molecule has 2 saturated heterocycles. The van der Waals surface area contributed by atoms with E-state index in [9.17, 15) is 9.59 Å². The summed E-state index contributed by atoms with van der Waals surface area (Å²) in [7, 11) is 1.65. The fourth-order valence-electron chi connectivity index (χ4n) is 4.03. The van der Waals surface area contributed by atoms with Crippen LogP contribution in [0.25, 0.3) is 0 Å². The van der Waals surface area contributed by atoms with E-state index in [4.69, 9.17) is 4.74 Å². The predicted molar refractivity (Wildman–Crippen MR) is 100 cm³/mol. The fraction of sp³-hybridized carbons (Fsp3) is 0.400. The maximum Gasteiger partial charge on any atom is 0.254 e. The minimum atomic E-state index is -0.398. The number of rotatable bonds is 4. The second kappa shape index (κ2) is 6.76. The number of ether oxygens (including phenoxy) is 1. The smallest absolute Gasteiger partial charge is 0.254 e. The van der Waals surface area contributed by atoms with Crippen molar-refractivity contribution in [2.24, 2.45) is 5.41 Å². The van der Waals surface area contributed by atoms with Gasteiger partial charge in [-0.15, -0.1) is 0 Å². The number of hydrogen-bond acceptors (Lipinski definition) is 4. The number of methoxy groups -OCH3 is 1. The van der Waals surface area contributed by atoms with E-state index in [1.165, 1.54) is 11.3 Å². The molecule has 2 aromatic rings. The highest BCUT2D eigenvalue weighted by Gasteiger charge is 2.51. The van der Waals surface area contributed by atoms with E-state index in [1.807, 2.05) is 50.9 Å². The summed E-state index contributed by atoms with van der Waals surface area (Å²) in [6, 6.07) is 9.69. The van der Waals surface area contributed by atoms with E-state index >= 15 is 0 Å². The van der Waals surface area contributed by atoms with Gasteiger partial charge in [0, 0.05) is 31.6 Å². The molecule has 1 unspecified atom stereocenters. The van der Waals surface area contributed by atoms with Crippen molar-refractivity contribution in [3.63, 3.8) is 0 Å². The topological polar surface area (TPSA) is 49.9 Å². The van der Waals surface area contributed by atoms with Gasteiger partial charge in [-0.2, -0.15) is 11.3 Å². The van der Waals surface area contributed by atoms with Gasteiger partial charge >= 0.3 is 0 Å². The average molecular weight is 370 g/mol. The molecule has 0 bridgehead atoms. The molecular weight excluding hydrogens is 348 g/mol. The van der Waals surface area contributed by atoms with Gasteiger partial charge in [-0.3, -0.25) is 9.59 Å². The van der Waals surface area contributed by atoms with Crippen molar-refractivity contribution in [2.75, 3.05) is 26.7 Å². The Hall–Kier alpha value is -2.34. The summed E-state index contributed by atoms with van der Waals surface area (Å²) in [6.07, 6.45) is 1.58. The first-order chi connectivity index (χ1) is 12.6. The largest absolute Gasteiger partial charge is 0.497 e. The molecule has 1 aromatic heterocycles. The zero-order chi connectivity index (χ0) is 18.1. The number of carbonyl (C=O) groups is 2. The number of amides is 2. The number of thiophene rings is 1. The van der Waals surface area contributed by atoms with Crippen LogP contribution in [0.15, 0.2) is 41.1 Å². The molecule has 6 heteroatoms. The van der Waals surface area contributed by atoms with Crippen LogP contribution in [0.4, 0.5) is 0 Å². The quantitative estimate of drug-likeness (QED) is 0.831. The molecule has 2 aliphatic heterocycles. The lowest BCUT2D eigenvalue weighted by Crippen LogP contribution is -2.38. The predicted octanol–water partition coefficient (Wildman–Crippen LogP) is 3.02. The highest BCUT2D eigenvalue weighted by Crippen LogP contribution is 2.41. The molecule has 0 aliphatic carbocycles. The second-order valence-corrected chi connectivity index (χ2v) is 7.88. The summed E-state index contributed by atoms with van der Waals surface area (Å²) in [5.41, 5.74) is 1.40. The molecule has 2 aliphatic rings. The summed E-state index contributed by atoms with van der Waals surface area (Å²) in [6.45, 7) is 2.54. The van der Waals surface area contributed by atoms with Gasteiger partial charge in [0.25, 0.3) is 5.91 Å². The zero-order valence-electron chi connectivity index (χ0n) is 14.8. The molecule has 2 fully saturated rings. The molecule has 0 saturated carbocycles. The molecule has 1 aromatic carbocycles. The minimum Gasteiger partial charge on any atom is -0.497 e. The number of benzene rings is 1. The summed E-state index contributed by atoms with van der Waals surface area (Å²) in [5, 5.41) is 3.79. The van der Waals surface area contributed by atoms with Crippen molar-refractivity contribution in [3.8, 4) is 5.75 Å². The van der Waals surface area contributed by atoms with Crippen molar-refractivity contribution in [3.05, 3.63) is 52.2 Å². The molecular formula is C20H22N2O3S. The van der Waals surface area contributed by atoms with Gasteiger partial charge in [-0.05, 0) is 42.0 Å². The average Bonchev–Trinajstić information content (AvgIpc) is 3.40. The molecule has 136 valence electrons. The van der Waals surface area contributed by atoms with Gasteiger partial charge in [0.2, 0.25) is 5.91 Å². The second-order valence-electron chi connectivity index (χ2n) is 7.10. The van der Waals surface area contributed by atoms with Gasteiger partial charge in [-0.25, -0.2) is 0 Å². The first-order valence-electron chi connectivity index (χ1n) is 8.85. The van der Waals surface area contributed by atoms with E-state index in [0.29, 0.717) is 19.6 Å². The zero-order valence-corrected chi connectivity index (χ0v) is 15.6. The molecule has 4 rings (SSSR count). The molecule has 3 heterocycles. The molecule has 1 atom stereocenters. The van der Waals surface area contributed by atoms with Crippen LogP contribution >= 0.6 is 11.3 Å². The van der Waals surface area contributed by atoms with E-state index < -0.39 is 5.41 Å². The Morgan fingerprint density at radius 3 is 2.88 bits per heavy atom. The Morgan fingerprint density at radius 1 is 1.27 bits per heavy atom. The first-order valence-corrected chi connectivity index (χ1v) is 9.79. The lowest BCUT2D eigenvalue weighted by atomic mass is 9.85. The van der Waals surface area contributed by atoms with Crippen molar-refractivity contribution in [1.29, 1.82) is 0 Å². The third-order valence-electron chi connectivity index (χ3n) is 5.52. The van der Waals surface area contributed by atoms with Crippen molar-refractivity contribution in [2.45, 2.75) is 19.4 Å². The van der Waals surface area contributed by atoms with Crippen molar-refractivity contribution >= 4 is 23.2 Å². The Balaban J connectivity index is 1.44. The lowest BCUT2D eigenvalue weighted by Gasteiger charge is -2.23. The Labute approximate surface area is 157 Å². The number of nitrogens with zero attached hydrogens (tertiary/aromatic N) is 2. The van der Waals surface area contributed by atoms with Crippen LogP contribution in [0.2, 0.25) is 0 Å². The van der Waals surface area contributed by atoms with Crippen LogP contribution in [0.3, 0.4) is 0 Å².